The molecule has 1 unspecified atom stereocenters. The highest BCUT2D eigenvalue weighted by atomic mass is 28.3. The first-order valence-corrected chi connectivity index (χ1v) is 8.47. The van der Waals surface area contributed by atoms with E-state index >= 15 is 0 Å². The van der Waals surface area contributed by atoms with E-state index < -0.39 is 13.7 Å². The van der Waals surface area contributed by atoms with Crippen LogP contribution in [0.1, 0.15) is 12.6 Å². The van der Waals surface area contributed by atoms with Gasteiger partial charge in [-0.05, 0) is 13.0 Å². The fraction of sp³-hybridized carbons (Fsp3) is 0.545. The summed E-state index contributed by atoms with van der Waals surface area (Å²) in [5.74, 6) is 2.92. The molecule has 4 heteroatoms. The topological polar surface area (TPSA) is 38.0 Å². The molecule has 0 fully saturated rings. The summed E-state index contributed by atoms with van der Waals surface area (Å²) in [5.41, 5.74) is 2.63. The summed E-state index contributed by atoms with van der Waals surface area (Å²) in [7, 11) is 0.376. The summed E-state index contributed by atoms with van der Waals surface area (Å²) in [6.07, 6.45) is 1.81. The Labute approximate surface area is 92.1 Å². The van der Waals surface area contributed by atoms with Gasteiger partial charge in [-0.3, -0.25) is 4.68 Å². The van der Waals surface area contributed by atoms with E-state index in [1.165, 1.54) is 0 Å². The van der Waals surface area contributed by atoms with Crippen LogP contribution in [0.5, 0.6) is 0 Å². The molecule has 0 saturated heterocycles. The first-order chi connectivity index (χ1) is 6.71. The Morgan fingerprint density at radius 2 is 2.07 bits per heavy atom. The molecule has 1 aromatic heterocycles. The van der Waals surface area contributed by atoms with Crippen molar-refractivity contribution < 1.29 is 5.11 Å². The van der Waals surface area contributed by atoms with Crippen LogP contribution in [0.4, 0.5) is 0 Å². The third-order valence-electron chi connectivity index (χ3n) is 1.89. The van der Waals surface area contributed by atoms with Crippen LogP contribution in [0.15, 0.2) is 12.3 Å². The van der Waals surface area contributed by atoms with E-state index in [9.17, 15) is 5.11 Å². The lowest BCUT2D eigenvalue weighted by Gasteiger charge is -2.14. The van der Waals surface area contributed by atoms with Gasteiger partial charge in [0.25, 0.3) is 0 Å². The molecule has 1 atom stereocenters. The molecule has 1 heterocycles. The molecule has 0 amide bonds. The van der Waals surface area contributed by atoms with E-state index in [0.717, 1.165) is 0 Å². The highest BCUT2D eigenvalue weighted by molar-refractivity contribution is 6.83. The normalized spacial score (nSPS) is 15.3. The van der Waals surface area contributed by atoms with Crippen LogP contribution in [0.2, 0.25) is 19.6 Å². The third kappa shape index (κ3) is 3.54. The van der Waals surface area contributed by atoms with Gasteiger partial charge in [-0.25, -0.2) is 0 Å². The van der Waals surface area contributed by atoms with Crippen LogP contribution < -0.4 is 0 Å². The number of rotatable bonds is 1. The minimum absolute atomic E-state index is 0.607. The zero-order valence-electron chi connectivity index (χ0n) is 10.00. The molecule has 0 spiro atoms. The van der Waals surface area contributed by atoms with Gasteiger partial charge in [0.2, 0.25) is 0 Å². The monoisotopic (exact) mass is 222 g/mol. The largest absolute Gasteiger partial charge is 0.372 e. The highest BCUT2D eigenvalue weighted by Crippen LogP contribution is 2.17. The zero-order valence-corrected chi connectivity index (χ0v) is 11.0. The predicted octanol–water partition coefficient (Wildman–Crippen LogP) is 1.51. The van der Waals surface area contributed by atoms with Crippen molar-refractivity contribution in [2.24, 2.45) is 7.05 Å². The summed E-state index contributed by atoms with van der Waals surface area (Å²) >= 11 is 0. The second-order valence-corrected chi connectivity index (χ2v) is 9.70. The predicted molar refractivity (Wildman–Crippen MR) is 63.9 cm³/mol. The zero-order chi connectivity index (χ0) is 11.7. The van der Waals surface area contributed by atoms with Crippen LogP contribution in [0.25, 0.3) is 0 Å². The summed E-state index contributed by atoms with van der Waals surface area (Å²) in [6, 6.07) is 1.79. The van der Waals surface area contributed by atoms with Crippen LogP contribution >= 0.6 is 0 Å². The van der Waals surface area contributed by atoms with E-state index in [-0.39, 0.29) is 0 Å². The van der Waals surface area contributed by atoms with Crippen molar-refractivity contribution in [1.82, 2.24) is 9.78 Å². The molecule has 0 aliphatic rings. The molecular weight excluding hydrogens is 204 g/mol. The van der Waals surface area contributed by atoms with Gasteiger partial charge in [-0.2, -0.15) is 5.10 Å². The average molecular weight is 222 g/mol. The van der Waals surface area contributed by atoms with Crippen molar-refractivity contribution in [3.8, 4) is 11.5 Å². The smallest absolute Gasteiger partial charge is 0.166 e. The van der Waals surface area contributed by atoms with Gasteiger partial charge in [-0.1, -0.05) is 25.6 Å². The fourth-order valence-electron chi connectivity index (χ4n) is 1.05. The van der Waals surface area contributed by atoms with Crippen molar-refractivity contribution >= 4 is 8.07 Å². The molecule has 82 valence electrons. The lowest BCUT2D eigenvalue weighted by Crippen LogP contribution is -2.23. The maximum atomic E-state index is 10.1. The van der Waals surface area contributed by atoms with E-state index in [2.05, 4.69) is 36.2 Å². The Hall–Kier alpha value is -1.05. The number of hydrogen-bond donors (Lipinski definition) is 1. The van der Waals surface area contributed by atoms with Gasteiger partial charge in [-0.15, -0.1) is 5.54 Å². The molecule has 3 nitrogen and oxygen atoms in total. The Morgan fingerprint density at radius 3 is 2.47 bits per heavy atom. The standard InChI is InChI=1S/C11H18N2OSi/c1-11(14,7-9-15(3,4)5)10-6-8-13(2)12-10/h6,8,14H,1-5H3. The summed E-state index contributed by atoms with van der Waals surface area (Å²) in [6.45, 7) is 8.12. The van der Waals surface area contributed by atoms with Gasteiger partial charge in [0.15, 0.2) is 5.60 Å². The number of aliphatic hydroxyl groups is 1. The fourth-order valence-corrected chi connectivity index (χ4v) is 1.67. The van der Waals surface area contributed by atoms with E-state index in [1.54, 1.807) is 23.9 Å². The van der Waals surface area contributed by atoms with Crippen molar-refractivity contribution in [3.63, 3.8) is 0 Å². The first-order valence-electron chi connectivity index (χ1n) is 4.97. The van der Waals surface area contributed by atoms with Gasteiger partial charge < -0.3 is 5.11 Å². The Bertz CT molecular complexity index is 404. The minimum Gasteiger partial charge on any atom is -0.372 e. The van der Waals surface area contributed by atoms with E-state index in [0.29, 0.717) is 5.69 Å². The van der Waals surface area contributed by atoms with E-state index in [1.807, 2.05) is 7.05 Å². The maximum Gasteiger partial charge on any atom is 0.166 e. The molecule has 1 rings (SSSR count). The summed E-state index contributed by atoms with van der Waals surface area (Å²) < 4.78 is 1.67. The van der Waals surface area contributed by atoms with E-state index in [4.69, 9.17) is 0 Å². The van der Waals surface area contributed by atoms with Gasteiger partial charge in [0, 0.05) is 13.2 Å². The third-order valence-corrected chi connectivity index (χ3v) is 2.77. The quantitative estimate of drug-likeness (QED) is 0.578. The maximum absolute atomic E-state index is 10.1. The number of aryl methyl sites for hydroxylation is 1. The van der Waals surface area contributed by atoms with Crippen LogP contribution in [0, 0.1) is 11.5 Å². The van der Waals surface area contributed by atoms with Crippen molar-refractivity contribution in [2.75, 3.05) is 0 Å². The SMILES string of the molecule is Cn1ccc(C(C)(O)C#C[Si](C)(C)C)n1. The number of hydrogen-bond acceptors (Lipinski definition) is 2. The second-order valence-electron chi connectivity index (χ2n) is 4.95. The van der Waals surface area contributed by atoms with Crippen molar-refractivity contribution in [3.05, 3.63) is 18.0 Å². The second kappa shape index (κ2) is 3.84. The average Bonchev–Trinajstić information content (AvgIpc) is 2.48. The Balaban J connectivity index is 2.97. The molecule has 1 aromatic rings. The van der Waals surface area contributed by atoms with Crippen molar-refractivity contribution in [1.29, 1.82) is 0 Å². The van der Waals surface area contributed by atoms with Crippen molar-refractivity contribution in [2.45, 2.75) is 32.2 Å². The lowest BCUT2D eigenvalue weighted by atomic mass is 10.1. The first kappa shape index (κ1) is 12.0. The molecule has 1 N–H and O–H groups in total. The molecule has 0 aliphatic carbocycles. The van der Waals surface area contributed by atoms with Gasteiger partial charge in [0.1, 0.15) is 13.8 Å². The summed E-state index contributed by atoms with van der Waals surface area (Å²) in [5, 5.41) is 14.3. The van der Waals surface area contributed by atoms with Crippen LogP contribution in [-0.2, 0) is 12.6 Å². The Morgan fingerprint density at radius 1 is 1.47 bits per heavy atom. The van der Waals surface area contributed by atoms with Gasteiger partial charge >= 0.3 is 0 Å². The van der Waals surface area contributed by atoms with Crippen LogP contribution in [-0.4, -0.2) is 23.0 Å². The highest BCUT2D eigenvalue weighted by Gasteiger charge is 2.23. The van der Waals surface area contributed by atoms with Crippen LogP contribution in [0.3, 0.4) is 0 Å². The molecule has 0 radical (unpaired) electrons. The summed E-state index contributed by atoms with van der Waals surface area (Å²) in [4.78, 5) is 0. The Kier molecular flexibility index (Phi) is 3.07. The molecule has 0 saturated carbocycles. The molecule has 0 aromatic carbocycles. The molecule has 0 aliphatic heterocycles. The lowest BCUT2D eigenvalue weighted by molar-refractivity contribution is 0.116. The molecular formula is C11H18N2OSi. The number of aromatic nitrogens is 2. The van der Waals surface area contributed by atoms with Gasteiger partial charge in [0.05, 0.1) is 0 Å². The molecule has 15 heavy (non-hydrogen) atoms. The molecule has 0 bridgehead atoms. The number of nitrogens with zero attached hydrogens (tertiary/aromatic N) is 2. The minimum atomic E-state index is -1.45.